The van der Waals surface area contributed by atoms with Gasteiger partial charge in [-0.25, -0.2) is 0 Å². The van der Waals surface area contributed by atoms with Crippen molar-refractivity contribution in [2.24, 2.45) is 11.8 Å². The van der Waals surface area contributed by atoms with Gasteiger partial charge in [-0.15, -0.1) is 12.4 Å². The first-order valence-corrected chi connectivity index (χ1v) is 5.38. The third-order valence-electron chi connectivity index (χ3n) is 2.96. The molecule has 3 nitrogen and oxygen atoms in total. The van der Waals surface area contributed by atoms with Gasteiger partial charge in [0, 0.05) is 13.1 Å². The number of likely N-dealkylation sites (tertiary alicyclic amines) is 1. The van der Waals surface area contributed by atoms with Crippen LogP contribution in [0.5, 0.6) is 0 Å². The molecule has 0 aromatic heterocycles. The molecule has 0 aromatic rings. The Balaban J connectivity index is 0.00000256. The van der Waals surface area contributed by atoms with E-state index in [-0.39, 0.29) is 25.5 Å². The van der Waals surface area contributed by atoms with E-state index in [0.717, 1.165) is 12.8 Å². The van der Waals surface area contributed by atoms with Crippen molar-refractivity contribution >= 4 is 18.4 Å². The van der Waals surface area contributed by atoms with Crippen LogP contribution in [0.25, 0.3) is 0 Å². The van der Waals surface area contributed by atoms with Crippen molar-refractivity contribution in [3.63, 3.8) is 0 Å². The van der Waals surface area contributed by atoms with Crippen LogP contribution in [-0.4, -0.2) is 41.8 Å². The van der Waals surface area contributed by atoms with E-state index >= 15 is 0 Å². The van der Waals surface area contributed by atoms with Crippen LogP contribution in [0.4, 0.5) is 13.2 Å². The van der Waals surface area contributed by atoms with E-state index in [2.05, 4.69) is 0 Å². The first-order chi connectivity index (χ1) is 7.36. The van der Waals surface area contributed by atoms with Crippen LogP contribution in [0.2, 0.25) is 0 Å². The molecule has 1 saturated heterocycles. The van der Waals surface area contributed by atoms with Gasteiger partial charge in [-0.1, -0.05) is 13.3 Å². The van der Waals surface area contributed by atoms with Gasteiger partial charge < -0.3 is 10.0 Å². The highest BCUT2D eigenvalue weighted by atomic mass is 35.5. The van der Waals surface area contributed by atoms with E-state index in [9.17, 15) is 18.0 Å². The predicted molar refractivity (Wildman–Crippen MR) is 59.3 cm³/mol. The third kappa shape index (κ3) is 4.35. The third-order valence-corrected chi connectivity index (χ3v) is 2.96. The molecule has 0 aliphatic carbocycles. The summed E-state index contributed by atoms with van der Waals surface area (Å²) in [7, 11) is 0. The average molecular weight is 276 g/mol. The van der Waals surface area contributed by atoms with Gasteiger partial charge in [-0.3, -0.25) is 4.79 Å². The molecule has 1 aliphatic heterocycles. The maximum Gasteiger partial charge on any atom is 0.393 e. The second kappa shape index (κ2) is 6.44. The number of rotatable bonds is 4. The first-order valence-electron chi connectivity index (χ1n) is 5.38. The van der Waals surface area contributed by atoms with Crippen LogP contribution in [0.15, 0.2) is 0 Å². The quantitative estimate of drug-likeness (QED) is 0.856. The van der Waals surface area contributed by atoms with Crippen LogP contribution < -0.4 is 0 Å². The fourth-order valence-corrected chi connectivity index (χ4v) is 2.03. The number of nitrogens with zero attached hydrogens (tertiary/aromatic N) is 1. The summed E-state index contributed by atoms with van der Waals surface area (Å²) in [6.07, 6.45) is -2.72. The topological polar surface area (TPSA) is 40.5 Å². The number of halogens is 4. The van der Waals surface area contributed by atoms with E-state index in [1.54, 1.807) is 4.90 Å². The molecule has 0 saturated carbocycles. The second-order valence-corrected chi connectivity index (χ2v) is 4.21. The molecule has 2 atom stereocenters. The van der Waals surface area contributed by atoms with Crippen LogP contribution in [-0.2, 0) is 4.79 Å². The molecule has 0 bridgehead atoms. The lowest BCUT2D eigenvalue weighted by molar-refractivity contribution is -0.188. The minimum atomic E-state index is -4.41. The Bertz CT molecular complexity index is 260. The summed E-state index contributed by atoms with van der Waals surface area (Å²) in [5, 5.41) is 8.76. The molecule has 0 spiro atoms. The monoisotopic (exact) mass is 275 g/mol. The highest BCUT2D eigenvalue weighted by molar-refractivity contribution is 5.85. The lowest BCUT2D eigenvalue weighted by atomic mass is 9.96. The molecular formula is C10H17ClF3NO2. The molecule has 1 heterocycles. The van der Waals surface area contributed by atoms with Gasteiger partial charge in [0.2, 0.25) is 0 Å². The molecule has 1 N–H and O–H groups in total. The van der Waals surface area contributed by atoms with Gasteiger partial charge in [0.15, 0.2) is 0 Å². The Labute approximate surface area is 104 Å². The van der Waals surface area contributed by atoms with Crippen molar-refractivity contribution < 1.29 is 23.1 Å². The highest BCUT2D eigenvalue weighted by Gasteiger charge is 2.52. The number of aliphatic carboxylic acids is 1. The number of hydrogen-bond donors (Lipinski definition) is 1. The minimum Gasteiger partial charge on any atom is -0.481 e. The van der Waals surface area contributed by atoms with Crippen molar-refractivity contribution in [1.82, 2.24) is 4.90 Å². The highest BCUT2D eigenvalue weighted by Crippen LogP contribution is 2.37. The summed E-state index contributed by atoms with van der Waals surface area (Å²) in [6, 6.07) is 0. The van der Waals surface area contributed by atoms with Gasteiger partial charge in [0.25, 0.3) is 0 Å². The van der Waals surface area contributed by atoms with E-state index in [1.807, 2.05) is 6.92 Å². The summed E-state index contributed by atoms with van der Waals surface area (Å²) in [5.41, 5.74) is 0. The zero-order valence-electron chi connectivity index (χ0n) is 9.54. The molecule has 0 radical (unpaired) electrons. The van der Waals surface area contributed by atoms with Crippen LogP contribution in [0.1, 0.15) is 19.8 Å². The SMILES string of the molecule is CCCCN1C[C@@H](C(F)(F)F)[C@H](C(=O)O)C1.Cl. The molecule has 7 heteroatoms. The Hall–Kier alpha value is -0.490. The van der Waals surface area contributed by atoms with E-state index in [4.69, 9.17) is 5.11 Å². The molecule has 1 rings (SSSR count). The summed E-state index contributed by atoms with van der Waals surface area (Å²) in [6.45, 7) is 2.33. The maximum atomic E-state index is 12.6. The largest absolute Gasteiger partial charge is 0.481 e. The standard InChI is InChI=1S/C10H16F3NO2.ClH/c1-2-3-4-14-5-7(9(15)16)8(6-14)10(11,12)13;/h7-8H,2-6H2,1H3,(H,15,16);1H/t7-,8-;/m1./s1. The van der Waals surface area contributed by atoms with Crippen molar-refractivity contribution in [2.75, 3.05) is 19.6 Å². The number of alkyl halides is 3. The normalized spacial score (nSPS) is 25.6. The van der Waals surface area contributed by atoms with Crippen LogP contribution in [0.3, 0.4) is 0 Å². The number of carboxylic acids is 1. The summed E-state index contributed by atoms with van der Waals surface area (Å²) in [5.74, 6) is -4.37. The molecule has 0 aromatic carbocycles. The fraction of sp³-hybridized carbons (Fsp3) is 0.900. The number of unbranched alkanes of at least 4 members (excludes halogenated alkanes) is 1. The lowest BCUT2D eigenvalue weighted by Gasteiger charge is -2.18. The Morgan fingerprint density at radius 3 is 2.35 bits per heavy atom. The second-order valence-electron chi connectivity index (χ2n) is 4.21. The van der Waals surface area contributed by atoms with Gasteiger partial charge in [0.1, 0.15) is 0 Å². The zero-order chi connectivity index (χ0) is 12.3. The van der Waals surface area contributed by atoms with E-state index in [1.165, 1.54) is 0 Å². The van der Waals surface area contributed by atoms with Crippen LogP contribution >= 0.6 is 12.4 Å². The van der Waals surface area contributed by atoms with Crippen molar-refractivity contribution in [3.8, 4) is 0 Å². The van der Waals surface area contributed by atoms with Crippen molar-refractivity contribution in [2.45, 2.75) is 25.9 Å². The van der Waals surface area contributed by atoms with Gasteiger partial charge in [-0.05, 0) is 13.0 Å². The fourth-order valence-electron chi connectivity index (χ4n) is 2.03. The predicted octanol–water partition coefficient (Wildman–Crippen LogP) is 2.40. The first kappa shape index (κ1) is 16.5. The molecule has 1 fully saturated rings. The van der Waals surface area contributed by atoms with E-state index in [0.29, 0.717) is 6.54 Å². The molecule has 17 heavy (non-hydrogen) atoms. The number of carboxylic acid groups (broad SMARTS) is 1. The van der Waals surface area contributed by atoms with Gasteiger partial charge in [-0.2, -0.15) is 13.2 Å². The summed E-state index contributed by atoms with van der Waals surface area (Å²) in [4.78, 5) is 12.3. The average Bonchev–Trinajstić information content (AvgIpc) is 2.58. The molecule has 0 unspecified atom stereocenters. The summed E-state index contributed by atoms with van der Waals surface area (Å²) < 4.78 is 37.7. The van der Waals surface area contributed by atoms with Crippen molar-refractivity contribution in [3.05, 3.63) is 0 Å². The Kier molecular flexibility index (Phi) is 6.26. The van der Waals surface area contributed by atoms with E-state index < -0.39 is 24.0 Å². The molecular weight excluding hydrogens is 259 g/mol. The lowest BCUT2D eigenvalue weighted by Crippen LogP contribution is -2.33. The number of carbonyl (C=O) groups is 1. The number of hydrogen-bond acceptors (Lipinski definition) is 2. The van der Waals surface area contributed by atoms with Crippen molar-refractivity contribution in [1.29, 1.82) is 0 Å². The molecule has 102 valence electrons. The smallest absolute Gasteiger partial charge is 0.393 e. The zero-order valence-corrected chi connectivity index (χ0v) is 10.4. The molecule has 0 amide bonds. The van der Waals surface area contributed by atoms with Crippen LogP contribution in [0, 0.1) is 11.8 Å². The minimum absolute atomic E-state index is 0. The van der Waals surface area contributed by atoms with Gasteiger partial charge >= 0.3 is 12.1 Å². The molecule has 1 aliphatic rings. The van der Waals surface area contributed by atoms with Gasteiger partial charge in [0.05, 0.1) is 11.8 Å². The Morgan fingerprint density at radius 1 is 1.41 bits per heavy atom. The summed E-state index contributed by atoms with van der Waals surface area (Å²) >= 11 is 0. The Morgan fingerprint density at radius 2 is 2.00 bits per heavy atom. The maximum absolute atomic E-state index is 12.6.